The summed E-state index contributed by atoms with van der Waals surface area (Å²) in [6.45, 7) is 1.85. The quantitative estimate of drug-likeness (QED) is 0.349. The predicted molar refractivity (Wildman–Crippen MR) is 121 cm³/mol. The normalized spacial score (nSPS) is 12.1. The molecule has 0 atom stereocenters. The fourth-order valence-corrected chi connectivity index (χ4v) is 3.31. The van der Waals surface area contributed by atoms with Crippen LogP contribution in [0.3, 0.4) is 0 Å². The third kappa shape index (κ3) is 4.79. The van der Waals surface area contributed by atoms with Gasteiger partial charge in [0.1, 0.15) is 11.2 Å². The second-order valence-corrected chi connectivity index (χ2v) is 8.50. The van der Waals surface area contributed by atoms with Crippen LogP contribution in [0.25, 0.3) is 22.3 Å². The summed E-state index contributed by atoms with van der Waals surface area (Å²) in [6.07, 6.45) is -3.54. The smallest absolute Gasteiger partial charge is 0.401 e. The van der Waals surface area contributed by atoms with Crippen molar-refractivity contribution in [1.29, 1.82) is 0 Å². The van der Waals surface area contributed by atoms with Crippen LogP contribution < -0.4 is 10.1 Å². The molecule has 0 aliphatic rings. The number of methoxy groups -OCH3 is 1. The van der Waals surface area contributed by atoms with Crippen molar-refractivity contribution in [2.75, 3.05) is 12.4 Å². The van der Waals surface area contributed by atoms with Gasteiger partial charge in [-0.25, -0.2) is 9.37 Å². The number of alkyl halides is 3. The first-order valence-electron chi connectivity index (χ1n) is 10.6. The Hall–Kier alpha value is -4.22. The highest BCUT2D eigenvalue weighted by atomic mass is 19.4. The average Bonchev–Trinajstić information content (AvgIpc) is 3.28. The highest BCUT2D eigenvalue weighted by Gasteiger charge is 2.51. The third-order valence-corrected chi connectivity index (χ3v) is 5.65. The number of fused-ring (bicyclic) bond motifs is 1. The molecule has 0 bridgehead atoms. The Balaban J connectivity index is 1.48. The number of anilines is 1. The van der Waals surface area contributed by atoms with E-state index in [9.17, 15) is 27.5 Å². The monoisotopic (exact) mass is 504 g/mol. The zero-order chi connectivity index (χ0) is 26.3. The summed E-state index contributed by atoms with van der Waals surface area (Å²) < 4.78 is 64.0. The van der Waals surface area contributed by atoms with E-state index in [1.165, 1.54) is 37.6 Å². The maximum absolute atomic E-state index is 14.8. The maximum Gasteiger partial charge on any atom is 0.401 e. The first kappa shape index (κ1) is 24.9. The van der Waals surface area contributed by atoms with Gasteiger partial charge >= 0.3 is 6.18 Å². The van der Waals surface area contributed by atoms with Gasteiger partial charge in [0.25, 0.3) is 0 Å². The maximum atomic E-state index is 14.8. The van der Waals surface area contributed by atoms with Gasteiger partial charge in [0, 0.05) is 23.8 Å². The van der Waals surface area contributed by atoms with E-state index in [0.717, 1.165) is 19.9 Å². The lowest BCUT2D eigenvalue weighted by molar-refractivity contribution is -0.185. The molecule has 1 amide bonds. The van der Waals surface area contributed by atoms with Crippen molar-refractivity contribution in [2.24, 2.45) is 0 Å². The number of aromatic hydroxyl groups is 1. The molecule has 0 radical (unpaired) electrons. The SMILES string of the molecule is COc1cc2ncc(-c3ccc(CC(=O)Nc4cc(C(C)(C)C(F)(F)F)on4)c(F)c3)nc2cc1O. The number of nitrogens with one attached hydrogen (secondary N) is 1. The predicted octanol–water partition coefficient (Wildman–Crippen LogP) is 5.16. The minimum atomic E-state index is -4.58. The first-order chi connectivity index (χ1) is 16.9. The molecule has 2 N–H and O–H groups in total. The van der Waals surface area contributed by atoms with Crippen LogP contribution in [0, 0.1) is 5.82 Å². The Morgan fingerprint density at radius 3 is 2.56 bits per heavy atom. The molecule has 36 heavy (non-hydrogen) atoms. The van der Waals surface area contributed by atoms with Crippen molar-refractivity contribution >= 4 is 22.8 Å². The number of phenols is 1. The Bertz CT molecular complexity index is 1450. The molecule has 8 nitrogen and oxygen atoms in total. The van der Waals surface area contributed by atoms with Crippen molar-refractivity contribution in [1.82, 2.24) is 15.1 Å². The van der Waals surface area contributed by atoms with Gasteiger partial charge in [-0.05, 0) is 25.5 Å². The number of ether oxygens (including phenoxy) is 1. The van der Waals surface area contributed by atoms with Crippen molar-refractivity contribution < 1.29 is 36.7 Å². The molecule has 4 aromatic rings. The largest absolute Gasteiger partial charge is 0.504 e. The van der Waals surface area contributed by atoms with Gasteiger partial charge in [0.05, 0.1) is 36.5 Å². The van der Waals surface area contributed by atoms with E-state index >= 15 is 0 Å². The number of benzene rings is 2. The Morgan fingerprint density at radius 2 is 1.89 bits per heavy atom. The highest BCUT2D eigenvalue weighted by Crippen LogP contribution is 2.41. The van der Waals surface area contributed by atoms with Crippen LogP contribution in [0.1, 0.15) is 25.2 Å². The van der Waals surface area contributed by atoms with Crippen LogP contribution in [-0.4, -0.2) is 39.4 Å². The van der Waals surface area contributed by atoms with Crippen molar-refractivity contribution in [3.63, 3.8) is 0 Å². The average molecular weight is 504 g/mol. The topological polar surface area (TPSA) is 110 Å². The second-order valence-electron chi connectivity index (χ2n) is 8.50. The van der Waals surface area contributed by atoms with Gasteiger partial charge in [0.2, 0.25) is 5.91 Å². The molecule has 12 heteroatoms. The van der Waals surface area contributed by atoms with Crippen LogP contribution in [-0.2, 0) is 16.6 Å². The van der Waals surface area contributed by atoms with Gasteiger partial charge in [-0.2, -0.15) is 13.2 Å². The van der Waals surface area contributed by atoms with Gasteiger partial charge in [-0.15, -0.1) is 0 Å². The van der Waals surface area contributed by atoms with E-state index in [2.05, 4.69) is 20.4 Å². The fraction of sp³-hybridized carbons (Fsp3) is 0.250. The van der Waals surface area contributed by atoms with Crippen LogP contribution >= 0.6 is 0 Å². The molecule has 0 saturated carbocycles. The molecule has 0 fully saturated rings. The van der Waals surface area contributed by atoms with Crippen LogP contribution in [0.2, 0.25) is 0 Å². The van der Waals surface area contributed by atoms with Crippen molar-refractivity contribution in [2.45, 2.75) is 31.9 Å². The number of aromatic nitrogens is 3. The number of carbonyl (C=O) groups excluding carboxylic acids is 1. The molecular weight excluding hydrogens is 484 g/mol. The van der Waals surface area contributed by atoms with E-state index in [1.807, 2.05) is 0 Å². The number of hydrogen-bond acceptors (Lipinski definition) is 7. The standard InChI is InChI=1S/C24H20F4N4O4/c1-23(2,24(26,27)28)20-10-21(32-36-20)31-22(34)7-12-4-5-13(6-14(12)25)17-11-29-15-9-19(35-3)18(33)8-16(15)30-17/h4-6,8-11,33H,7H2,1-3H3,(H,31,32,34). The van der Waals surface area contributed by atoms with Crippen molar-refractivity contribution in [3.05, 3.63) is 59.7 Å². The molecule has 2 aromatic heterocycles. The van der Waals surface area contributed by atoms with Crippen LogP contribution in [0.15, 0.2) is 47.1 Å². The molecule has 0 aliphatic heterocycles. The molecule has 0 unspecified atom stereocenters. The lowest BCUT2D eigenvalue weighted by atomic mass is 9.89. The number of hydrogen-bond donors (Lipinski definition) is 2. The zero-order valence-corrected chi connectivity index (χ0v) is 19.3. The second kappa shape index (κ2) is 9.10. The summed E-state index contributed by atoms with van der Waals surface area (Å²) in [5.41, 5.74) is -0.693. The molecule has 4 rings (SSSR count). The minimum absolute atomic E-state index is 0.0479. The number of halogens is 4. The van der Waals surface area contributed by atoms with Crippen molar-refractivity contribution in [3.8, 4) is 22.8 Å². The molecule has 2 heterocycles. The van der Waals surface area contributed by atoms with E-state index < -0.39 is 35.5 Å². The molecule has 0 spiro atoms. The van der Waals surface area contributed by atoms with Gasteiger partial charge in [0.15, 0.2) is 23.1 Å². The number of carbonyl (C=O) groups is 1. The Labute approximate surface area is 201 Å². The highest BCUT2D eigenvalue weighted by molar-refractivity contribution is 5.91. The molecule has 188 valence electrons. The van der Waals surface area contributed by atoms with Crippen LogP contribution in [0.4, 0.5) is 23.4 Å². The van der Waals surface area contributed by atoms with E-state index in [4.69, 9.17) is 9.26 Å². The number of phenolic OH excluding ortho intramolecular Hbond substituents is 1. The fourth-order valence-electron chi connectivity index (χ4n) is 3.31. The van der Waals surface area contributed by atoms with Gasteiger partial charge < -0.3 is 19.7 Å². The summed E-state index contributed by atoms with van der Waals surface area (Å²) >= 11 is 0. The van der Waals surface area contributed by atoms with E-state index in [1.54, 1.807) is 6.07 Å². The lowest BCUT2D eigenvalue weighted by Crippen LogP contribution is -2.35. The molecule has 0 aliphatic carbocycles. The van der Waals surface area contributed by atoms with Gasteiger partial charge in [-0.1, -0.05) is 17.3 Å². The summed E-state index contributed by atoms with van der Waals surface area (Å²) in [7, 11) is 1.41. The zero-order valence-electron chi connectivity index (χ0n) is 19.3. The molecule has 2 aromatic carbocycles. The summed E-state index contributed by atoms with van der Waals surface area (Å²) in [6, 6.07) is 8.00. The third-order valence-electron chi connectivity index (χ3n) is 5.65. The summed E-state index contributed by atoms with van der Waals surface area (Å²) in [5, 5.41) is 15.7. The van der Waals surface area contributed by atoms with E-state index in [-0.39, 0.29) is 22.9 Å². The minimum Gasteiger partial charge on any atom is -0.504 e. The summed E-state index contributed by atoms with van der Waals surface area (Å²) in [4.78, 5) is 21.0. The lowest BCUT2D eigenvalue weighted by Gasteiger charge is -2.24. The summed E-state index contributed by atoms with van der Waals surface area (Å²) in [5.74, 6) is -1.95. The Morgan fingerprint density at radius 1 is 1.14 bits per heavy atom. The first-order valence-corrected chi connectivity index (χ1v) is 10.6. The molecular formula is C24H20F4N4O4. The van der Waals surface area contributed by atoms with Crippen LogP contribution in [0.5, 0.6) is 11.5 Å². The van der Waals surface area contributed by atoms with E-state index in [0.29, 0.717) is 22.3 Å². The van der Waals surface area contributed by atoms with Gasteiger partial charge in [-0.3, -0.25) is 9.78 Å². The number of nitrogens with zero attached hydrogens (tertiary/aromatic N) is 3. The Kier molecular flexibility index (Phi) is 6.29. The number of rotatable bonds is 6. The molecule has 0 saturated heterocycles. The number of amides is 1.